The third-order valence-corrected chi connectivity index (χ3v) is 5.97. The molecule has 3 rings (SSSR count). The molecular weight excluding hydrogens is 392 g/mol. The zero-order valence-corrected chi connectivity index (χ0v) is 15.6. The summed E-state index contributed by atoms with van der Waals surface area (Å²) in [7, 11) is -3.69. The van der Waals surface area contributed by atoms with E-state index in [4.69, 9.17) is 4.74 Å². The molecule has 28 heavy (non-hydrogen) atoms. The molecule has 150 valence electrons. The van der Waals surface area contributed by atoms with E-state index >= 15 is 0 Å². The molecule has 1 heterocycles. The van der Waals surface area contributed by atoms with Gasteiger partial charge in [-0.2, -0.15) is 4.31 Å². The van der Waals surface area contributed by atoms with E-state index in [2.05, 4.69) is 10.6 Å². The van der Waals surface area contributed by atoms with Crippen LogP contribution < -0.4 is 10.6 Å². The molecule has 1 saturated heterocycles. The van der Waals surface area contributed by atoms with E-state index in [0.29, 0.717) is 13.2 Å². The van der Waals surface area contributed by atoms with Gasteiger partial charge in [0.25, 0.3) is 0 Å². The quantitative estimate of drug-likeness (QED) is 0.791. The Morgan fingerprint density at radius 1 is 1.07 bits per heavy atom. The maximum Gasteiger partial charge on any atom is 0.319 e. The number of carbonyl (C=O) groups is 1. The Hall–Kier alpha value is -2.56. The lowest BCUT2D eigenvalue weighted by Crippen LogP contribution is -2.40. The second-order valence-electron chi connectivity index (χ2n) is 6.13. The number of hydrogen-bond donors (Lipinski definition) is 2. The van der Waals surface area contributed by atoms with Crippen molar-refractivity contribution in [3.05, 3.63) is 59.7 Å². The van der Waals surface area contributed by atoms with Crippen LogP contribution in [0.3, 0.4) is 0 Å². The lowest BCUT2D eigenvalue weighted by atomic mass is 10.2. The lowest BCUT2D eigenvalue weighted by molar-refractivity contribution is 0.0730. The van der Waals surface area contributed by atoms with Crippen LogP contribution in [0, 0.1) is 11.6 Å². The topological polar surface area (TPSA) is 87.7 Å². The van der Waals surface area contributed by atoms with E-state index in [-0.39, 0.29) is 35.8 Å². The lowest BCUT2D eigenvalue weighted by Gasteiger charge is -2.26. The molecule has 0 aliphatic carbocycles. The molecule has 0 atom stereocenters. The average molecular weight is 411 g/mol. The van der Waals surface area contributed by atoms with Gasteiger partial charge in [0.1, 0.15) is 11.6 Å². The molecule has 1 fully saturated rings. The second kappa shape index (κ2) is 8.63. The fourth-order valence-electron chi connectivity index (χ4n) is 2.74. The smallest absolute Gasteiger partial charge is 0.319 e. The number of halogens is 2. The van der Waals surface area contributed by atoms with Crippen LogP contribution in [0.25, 0.3) is 0 Å². The molecular formula is C18H19F2N3O4S. The zero-order chi connectivity index (χ0) is 20.1. The fourth-order valence-corrected chi connectivity index (χ4v) is 4.20. The maximum atomic E-state index is 13.2. The summed E-state index contributed by atoms with van der Waals surface area (Å²) in [6.07, 6.45) is 0. The molecule has 0 saturated carbocycles. The summed E-state index contributed by atoms with van der Waals surface area (Å²) in [6.45, 7) is 1.11. The first-order valence-electron chi connectivity index (χ1n) is 8.52. The number of ether oxygens (including phenoxy) is 1. The third-order valence-electron chi connectivity index (χ3n) is 4.08. The highest BCUT2D eigenvalue weighted by atomic mass is 32.2. The highest BCUT2D eigenvalue weighted by Crippen LogP contribution is 2.20. The summed E-state index contributed by atoms with van der Waals surface area (Å²) in [6, 6.07) is 8.19. The first-order chi connectivity index (χ1) is 13.3. The molecule has 0 aromatic heterocycles. The van der Waals surface area contributed by atoms with Gasteiger partial charge in [-0.05, 0) is 35.9 Å². The molecule has 1 aliphatic rings. The Morgan fingerprint density at radius 3 is 2.43 bits per heavy atom. The number of carbonyl (C=O) groups excluding carboxylic acids is 1. The van der Waals surface area contributed by atoms with Crippen molar-refractivity contribution in [1.29, 1.82) is 0 Å². The van der Waals surface area contributed by atoms with Crippen LogP contribution in [0.4, 0.5) is 19.3 Å². The number of sulfonamides is 1. The first-order valence-corrected chi connectivity index (χ1v) is 9.96. The van der Waals surface area contributed by atoms with E-state index in [1.165, 1.54) is 22.5 Å². The van der Waals surface area contributed by atoms with Crippen LogP contribution in [-0.2, 0) is 21.3 Å². The van der Waals surface area contributed by atoms with Crippen molar-refractivity contribution < 1.29 is 26.7 Å². The van der Waals surface area contributed by atoms with Gasteiger partial charge in [-0.15, -0.1) is 0 Å². The van der Waals surface area contributed by atoms with Crippen molar-refractivity contribution in [2.75, 3.05) is 31.6 Å². The van der Waals surface area contributed by atoms with E-state index in [9.17, 15) is 22.0 Å². The van der Waals surface area contributed by atoms with Crippen molar-refractivity contribution in [3.63, 3.8) is 0 Å². The Kier molecular flexibility index (Phi) is 6.22. The minimum Gasteiger partial charge on any atom is -0.379 e. The van der Waals surface area contributed by atoms with Crippen LogP contribution in [0.2, 0.25) is 0 Å². The number of rotatable bonds is 5. The summed E-state index contributed by atoms with van der Waals surface area (Å²) < 4.78 is 58.2. The van der Waals surface area contributed by atoms with E-state index < -0.39 is 27.7 Å². The van der Waals surface area contributed by atoms with Gasteiger partial charge in [0.05, 0.1) is 18.1 Å². The molecule has 0 bridgehead atoms. The zero-order valence-electron chi connectivity index (χ0n) is 14.8. The number of benzene rings is 2. The van der Waals surface area contributed by atoms with Crippen molar-refractivity contribution >= 4 is 21.7 Å². The molecule has 2 amide bonds. The number of morpholine rings is 1. The molecule has 10 heteroatoms. The number of urea groups is 1. The Balaban J connectivity index is 1.64. The van der Waals surface area contributed by atoms with Crippen LogP contribution in [0.1, 0.15) is 5.56 Å². The van der Waals surface area contributed by atoms with Crippen LogP contribution >= 0.6 is 0 Å². The molecule has 7 nitrogen and oxygen atoms in total. The predicted molar refractivity (Wildman–Crippen MR) is 98.2 cm³/mol. The van der Waals surface area contributed by atoms with Gasteiger partial charge >= 0.3 is 6.03 Å². The first kappa shape index (κ1) is 20.2. The standard InChI is InChI=1S/C18H19F2N3O4S/c19-14-8-13(9-15(20)10-14)12-21-18(24)22-16-2-1-3-17(11-16)28(25,26)23-4-6-27-7-5-23/h1-3,8-11H,4-7,12H2,(H2,21,22,24). The molecule has 0 radical (unpaired) electrons. The van der Waals surface area contributed by atoms with Gasteiger partial charge in [-0.1, -0.05) is 6.07 Å². The van der Waals surface area contributed by atoms with Gasteiger partial charge in [-0.3, -0.25) is 0 Å². The van der Waals surface area contributed by atoms with Gasteiger partial charge < -0.3 is 15.4 Å². The molecule has 2 N–H and O–H groups in total. The monoisotopic (exact) mass is 411 g/mol. The van der Waals surface area contributed by atoms with Gasteiger partial charge in [-0.25, -0.2) is 22.0 Å². The highest BCUT2D eigenvalue weighted by molar-refractivity contribution is 7.89. The number of amides is 2. The summed E-state index contributed by atoms with van der Waals surface area (Å²) in [5.41, 5.74) is 0.536. The minimum absolute atomic E-state index is 0.0550. The van der Waals surface area contributed by atoms with Gasteiger partial charge in [0, 0.05) is 31.4 Å². The van der Waals surface area contributed by atoms with Crippen molar-refractivity contribution in [2.45, 2.75) is 11.4 Å². The number of nitrogens with one attached hydrogen (secondary N) is 2. The number of hydrogen-bond acceptors (Lipinski definition) is 4. The van der Waals surface area contributed by atoms with E-state index in [1.807, 2.05) is 0 Å². The largest absolute Gasteiger partial charge is 0.379 e. The van der Waals surface area contributed by atoms with Gasteiger partial charge in [0.15, 0.2) is 0 Å². The predicted octanol–water partition coefficient (Wildman–Crippen LogP) is 2.31. The van der Waals surface area contributed by atoms with Crippen molar-refractivity contribution in [2.24, 2.45) is 0 Å². The molecule has 2 aromatic carbocycles. The minimum atomic E-state index is -3.69. The SMILES string of the molecule is O=C(NCc1cc(F)cc(F)c1)Nc1cccc(S(=O)(=O)N2CCOCC2)c1. The Morgan fingerprint density at radius 2 is 1.75 bits per heavy atom. The number of nitrogens with zero attached hydrogens (tertiary/aromatic N) is 1. The molecule has 1 aliphatic heterocycles. The second-order valence-corrected chi connectivity index (χ2v) is 8.07. The summed E-state index contributed by atoms with van der Waals surface area (Å²) in [5, 5.41) is 4.98. The van der Waals surface area contributed by atoms with Crippen LogP contribution in [0.15, 0.2) is 47.4 Å². The Bertz CT molecular complexity index is 943. The molecule has 0 spiro atoms. The van der Waals surface area contributed by atoms with E-state index in [0.717, 1.165) is 18.2 Å². The molecule has 0 unspecified atom stereocenters. The Labute approximate surface area is 161 Å². The third kappa shape index (κ3) is 5.03. The summed E-state index contributed by atoms with van der Waals surface area (Å²) >= 11 is 0. The molecule has 2 aromatic rings. The van der Waals surface area contributed by atoms with Crippen molar-refractivity contribution in [3.8, 4) is 0 Å². The average Bonchev–Trinajstić information content (AvgIpc) is 2.66. The maximum absolute atomic E-state index is 13.2. The van der Waals surface area contributed by atoms with Crippen LogP contribution in [-0.4, -0.2) is 45.1 Å². The summed E-state index contributed by atoms with van der Waals surface area (Å²) in [4.78, 5) is 12.1. The van der Waals surface area contributed by atoms with Crippen molar-refractivity contribution in [1.82, 2.24) is 9.62 Å². The number of anilines is 1. The van der Waals surface area contributed by atoms with Crippen LogP contribution in [0.5, 0.6) is 0 Å². The normalized spacial score (nSPS) is 15.2. The highest BCUT2D eigenvalue weighted by Gasteiger charge is 2.26. The van der Waals surface area contributed by atoms with E-state index in [1.54, 1.807) is 6.07 Å². The summed E-state index contributed by atoms with van der Waals surface area (Å²) in [5.74, 6) is -1.48. The van der Waals surface area contributed by atoms with Gasteiger partial charge in [0.2, 0.25) is 10.0 Å². The fraction of sp³-hybridized carbons (Fsp3) is 0.278.